The number of hydrogen-bond acceptors (Lipinski definition) is 1. The number of rotatable bonds is 6. The fraction of sp³-hybridized carbons (Fsp3) is 0. The zero-order chi connectivity index (χ0) is 32.6. The van der Waals surface area contributed by atoms with Gasteiger partial charge in [0.25, 0.3) is 0 Å². The Balaban J connectivity index is 1.29. The van der Waals surface area contributed by atoms with Gasteiger partial charge in [0.2, 0.25) is 0 Å². The van der Waals surface area contributed by atoms with Crippen LogP contribution >= 0.6 is 0 Å². The van der Waals surface area contributed by atoms with Crippen LogP contribution in [0.3, 0.4) is 0 Å². The molecule has 0 N–H and O–H groups in total. The van der Waals surface area contributed by atoms with Crippen LogP contribution in [0.4, 0.5) is 17.1 Å². The van der Waals surface area contributed by atoms with Crippen molar-refractivity contribution in [1.29, 1.82) is 0 Å². The number of para-hydroxylation sites is 1. The first kappa shape index (κ1) is 28.8. The molecule has 0 saturated heterocycles. The minimum absolute atomic E-state index is 1.11. The Hall–Kier alpha value is -6.44. The normalized spacial score (nSPS) is 11.3. The summed E-state index contributed by atoms with van der Waals surface area (Å²) in [5.41, 5.74) is 10.6. The third-order valence-electron chi connectivity index (χ3n) is 9.62. The zero-order valence-electron chi connectivity index (χ0n) is 27.0. The van der Waals surface area contributed by atoms with Crippen molar-refractivity contribution in [3.05, 3.63) is 200 Å². The van der Waals surface area contributed by atoms with Crippen LogP contribution in [0.1, 0.15) is 0 Å². The molecule has 0 aliphatic carbocycles. The van der Waals surface area contributed by atoms with E-state index in [1.54, 1.807) is 0 Å². The van der Waals surface area contributed by atoms with Gasteiger partial charge in [0, 0.05) is 16.6 Å². The van der Waals surface area contributed by atoms with Gasteiger partial charge in [0.15, 0.2) is 0 Å². The maximum absolute atomic E-state index is 2.46. The largest absolute Gasteiger partial charge is 0.309 e. The summed E-state index contributed by atoms with van der Waals surface area (Å²) < 4.78 is 0. The first-order chi connectivity index (χ1) is 24.3. The summed E-state index contributed by atoms with van der Waals surface area (Å²) in [6.45, 7) is 0. The van der Waals surface area contributed by atoms with E-state index in [0.29, 0.717) is 0 Å². The van der Waals surface area contributed by atoms with Crippen molar-refractivity contribution in [3.8, 4) is 33.4 Å². The van der Waals surface area contributed by atoms with Gasteiger partial charge < -0.3 is 4.90 Å². The first-order valence-corrected chi connectivity index (χ1v) is 16.9. The second-order valence-electron chi connectivity index (χ2n) is 12.5. The van der Waals surface area contributed by atoms with Crippen LogP contribution in [0.15, 0.2) is 200 Å². The van der Waals surface area contributed by atoms with Gasteiger partial charge in [-0.25, -0.2) is 0 Å². The number of benzene rings is 9. The Kier molecular flexibility index (Phi) is 7.22. The molecule has 0 bridgehead atoms. The molecule has 9 aromatic carbocycles. The molecule has 0 radical (unpaired) electrons. The third-order valence-corrected chi connectivity index (χ3v) is 9.62. The quantitative estimate of drug-likeness (QED) is 0.167. The predicted octanol–water partition coefficient (Wildman–Crippen LogP) is 13.6. The van der Waals surface area contributed by atoms with Gasteiger partial charge in [-0.1, -0.05) is 170 Å². The minimum Gasteiger partial charge on any atom is -0.309 e. The van der Waals surface area contributed by atoms with Crippen molar-refractivity contribution < 1.29 is 0 Å². The van der Waals surface area contributed by atoms with Crippen molar-refractivity contribution in [3.63, 3.8) is 0 Å². The van der Waals surface area contributed by atoms with Crippen molar-refractivity contribution in [1.82, 2.24) is 0 Å². The van der Waals surface area contributed by atoms with Crippen molar-refractivity contribution in [2.24, 2.45) is 0 Å². The van der Waals surface area contributed by atoms with E-state index in [1.807, 2.05) is 0 Å². The molecule has 0 aromatic heterocycles. The Morgan fingerprint density at radius 2 is 0.816 bits per heavy atom. The lowest BCUT2D eigenvalue weighted by Gasteiger charge is -2.30. The summed E-state index contributed by atoms with van der Waals surface area (Å²) in [5, 5.41) is 7.45. The average Bonchev–Trinajstić information content (AvgIpc) is 3.18. The Morgan fingerprint density at radius 1 is 0.265 bits per heavy atom. The summed E-state index contributed by atoms with van der Waals surface area (Å²) in [6, 6.07) is 72.5. The highest BCUT2D eigenvalue weighted by Gasteiger charge is 2.21. The highest BCUT2D eigenvalue weighted by Crippen LogP contribution is 2.46. The van der Waals surface area contributed by atoms with Gasteiger partial charge >= 0.3 is 0 Å². The maximum atomic E-state index is 2.46. The Labute approximate surface area is 287 Å². The van der Waals surface area contributed by atoms with Crippen LogP contribution in [-0.4, -0.2) is 0 Å². The fourth-order valence-corrected chi connectivity index (χ4v) is 7.33. The van der Waals surface area contributed by atoms with Gasteiger partial charge in [-0.2, -0.15) is 0 Å². The molecule has 0 aliphatic rings. The van der Waals surface area contributed by atoms with Crippen molar-refractivity contribution >= 4 is 49.4 Å². The molecule has 49 heavy (non-hydrogen) atoms. The molecular formula is C48H33N. The molecule has 0 amide bonds. The summed E-state index contributed by atoms with van der Waals surface area (Å²) in [7, 11) is 0. The number of hydrogen-bond donors (Lipinski definition) is 0. The smallest absolute Gasteiger partial charge is 0.0546 e. The molecule has 1 heteroatoms. The molecule has 0 spiro atoms. The zero-order valence-corrected chi connectivity index (χ0v) is 27.0. The summed E-state index contributed by atoms with van der Waals surface area (Å²) in [4.78, 5) is 2.46. The summed E-state index contributed by atoms with van der Waals surface area (Å²) in [5.74, 6) is 0. The summed E-state index contributed by atoms with van der Waals surface area (Å²) >= 11 is 0. The average molecular weight is 624 g/mol. The highest BCUT2D eigenvalue weighted by atomic mass is 15.1. The van der Waals surface area contributed by atoms with Crippen LogP contribution in [0.25, 0.3) is 65.7 Å². The number of fused-ring (bicyclic) bond motifs is 4. The second-order valence-corrected chi connectivity index (χ2v) is 12.5. The van der Waals surface area contributed by atoms with E-state index in [9.17, 15) is 0 Å². The van der Waals surface area contributed by atoms with E-state index in [4.69, 9.17) is 0 Å². The SMILES string of the molecule is c1ccc(-c2cccc(N(c3ccccc3-c3cccc(-c4cccc5ccccc45)c3)c3cc4ccccc4c4ccccc34)c2)cc1. The van der Waals surface area contributed by atoms with E-state index in [0.717, 1.165) is 17.1 Å². The molecule has 1 nitrogen and oxygen atoms in total. The molecule has 0 atom stereocenters. The van der Waals surface area contributed by atoms with E-state index in [-0.39, 0.29) is 0 Å². The molecule has 230 valence electrons. The molecule has 0 fully saturated rings. The van der Waals surface area contributed by atoms with Crippen LogP contribution < -0.4 is 4.90 Å². The monoisotopic (exact) mass is 623 g/mol. The Morgan fingerprint density at radius 3 is 1.67 bits per heavy atom. The molecule has 0 unspecified atom stereocenters. The predicted molar refractivity (Wildman–Crippen MR) is 210 cm³/mol. The van der Waals surface area contributed by atoms with E-state index in [1.165, 1.54) is 65.7 Å². The lowest BCUT2D eigenvalue weighted by atomic mass is 9.94. The van der Waals surface area contributed by atoms with E-state index < -0.39 is 0 Å². The molecule has 9 aromatic rings. The third kappa shape index (κ3) is 5.23. The van der Waals surface area contributed by atoms with E-state index in [2.05, 4.69) is 205 Å². The van der Waals surface area contributed by atoms with Gasteiger partial charge in [0.1, 0.15) is 0 Å². The topological polar surface area (TPSA) is 3.24 Å². The molecule has 0 heterocycles. The van der Waals surface area contributed by atoms with Crippen LogP contribution in [0.5, 0.6) is 0 Å². The van der Waals surface area contributed by atoms with Gasteiger partial charge in [0.05, 0.1) is 11.4 Å². The maximum Gasteiger partial charge on any atom is 0.0546 e. The molecule has 9 rings (SSSR count). The van der Waals surface area contributed by atoms with E-state index >= 15 is 0 Å². The van der Waals surface area contributed by atoms with Gasteiger partial charge in [-0.05, 0) is 85.1 Å². The van der Waals surface area contributed by atoms with Crippen molar-refractivity contribution in [2.45, 2.75) is 0 Å². The Bertz CT molecular complexity index is 2610. The molecule has 0 saturated carbocycles. The second kappa shape index (κ2) is 12.3. The lowest BCUT2D eigenvalue weighted by molar-refractivity contribution is 1.30. The lowest BCUT2D eigenvalue weighted by Crippen LogP contribution is -2.12. The van der Waals surface area contributed by atoms with Crippen LogP contribution in [-0.2, 0) is 0 Å². The fourth-order valence-electron chi connectivity index (χ4n) is 7.33. The van der Waals surface area contributed by atoms with Crippen molar-refractivity contribution in [2.75, 3.05) is 4.90 Å². The minimum atomic E-state index is 1.11. The number of nitrogens with zero attached hydrogens (tertiary/aromatic N) is 1. The number of anilines is 3. The highest BCUT2D eigenvalue weighted by molar-refractivity contribution is 6.15. The molecular weight excluding hydrogens is 591 g/mol. The van der Waals surface area contributed by atoms with Crippen LogP contribution in [0, 0.1) is 0 Å². The van der Waals surface area contributed by atoms with Gasteiger partial charge in [-0.3, -0.25) is 0 Å². The standard InChI is InChI=1S/C48H33N/c1-2-15-34(16-3-1)36-20-13-23-40(32-36)49(48-33-39-18-5-7-25-43(39)45-27-8-9-28-46(45)48)47-30-11-10-26-44(47)38-22-12-21-37(31-38)42-29-14-19-35-17-4-6-24-41(35)42/h1-33H. The molecule has 0 aliphatic heterocycles. The summed E-state index contributed by atoms with van der Waals surface area (Å²) in [6.07, 6.45) is 0. The first-order valence-electron chi connectivity index (χ1n) is 16.9. The van der Waals surface area contributed by atoms with Gasteiger partial charge in [-0.15, -0.1) is 0 Å². The van der Waals surface area contributed by atoms with Crippen LogP contribution in [0.2, 0.25) is 0 Å².